The van der Waals surface area contributed by atoms with Gasteiger partial charge in [0.1, 0.15) is 12.3 Å². The van der Waals surface area contributed by atoms with Crippen LogP contribution in [0.5, 0.6) is 5.75 Å². The number of halogens is 2. The van der Waals surface area contributed by atoms with Crippen LogP contribution in [0, 0.1) is 6.92 Å². The van der Waals surface area contributed by atoms with E-state index in [0.717, 1.165) is 28.6 Å². The van der Waals surface area contributed by atoms with Crippen LogP contribution in [0.25, 0.3) is 0 Å². The summed E-state index contributed by atoms with van der Waals surface area (Å²) in [5, 5.41) is 15.4. The monoisotopic (exact) mass is 537 g/mol. The summed E-state index contributed by atoms with van der Waals surface area (Å²) in [6, 6.07) is 10.3. The number of alkyl carbamates (subject to hydrolysis) is 1. The standard InChI is InChI=1S/C23H25Cl2N5O4S/c1-4-19(26-23(32)34-10-9-15-5-7-16(33-3)8-6-15)20(31)13-30-22(27-28-29-30)35-21-17(24)11-14(2)12-18(21)25/h5-8,11-12,19H,4,9-10,13H2,1-3H3,(H,26,32). The molecule has 1 atom stereocenters. The Morgan fingerprint density at radius 2 is 1.86 bits per heavy atom. The molecule has 35 heavy (non-hydrogen) atoms. The molecule has 0 saturated carbocycles. The highest BCUT2D eigenvalue weighted by molar-refractivity contribution is 7.99. The highest BCUT2D eigenvalue weighted by Gasteiger charge is 2.23. The van der Waals surface area contributed by atoms with Gasteiger partial charge < -0.3 is 14.8 Å². The molecule has 1 N–H and O–H groups in total. The molecular formula is C23H25Cl2N5O4S. The first kappa shape index (κ1) is 26.8. The number of tetrazole rings is 1. The van der Waals surface area contributed by atoms with Crippen LogP contribution in [0.1, 0.15) is 24.5 Å². The Balaban J connectivity index is 1.54. The molecule has 3 aromatic rings. The zero-order chi connectivity index (χ0) is 25.4. The molecule has 0 radical (unpaired) electrons. The molecule has 0 aliphatic rings. The number of benzene rings is 2. The van der Waals surface area contributed by atoms with Crippen LogP contribution in [0.2, 0.25) is 10.0 Å². The second-order valence-corrected chi connectivity index (χ2v) is 9.38. The summed E-state index contributed by atoms with van der Waals surface area (Å²) in [7, 11) is 1.60. The summed E-state index contributed by atoms with van der Waals surface area (Å²) in [5.74, 6) is 0.487. The van der Waals surface area contributed by atoms with Gasteiger partial charge in [0.25, 0.3) is 0 Å². The van der Waals surface area contributed by atoms with Crippen LogP contribution >= 0.6 is 35.0 Å². The van der Waals surface area contributed by atoms with Gasteiger partial charge in [-0.25, -0.2) is 9.48 Å². The van der Waals surface area contributed by atoms with Crippen molar-refractivity contribution in [3.63, 3.8) is 0 Å². The summed E-state index contributed by atoms with van der Waals surface area (Å²) in [6.45, 7) is 3.72. The van der Waals surface area contributed by atoms with Crippen LogP contribution in [-0.2, 0) is 22.5 Å². The molecule has 0 fully saturated rings. The molecule has 3 rings (SSSR count). The predicted octanol–water partition coefficient (Wildman–Crippen LogP) is 4.76. The molecule has 9 nitrogen and oxygen atoms in total. The van der Waals surface area contributed by atoms with Gasteiger partial charge >= 0.3 is 6.09 Å². The number of hydrogen-bond donors (Lipinski definition) is 1. The fourth-order valence-electron chi connectivity index (χ4n) is 3.15. The average molecular weight is 538 g/mol. The molecule has 1 unspecified atom stereocenters. The minimum atomic E-state index is -0.753. The molecule has 0 spiro atoms. The molecule has 1 aromatic heterocycles. The highest BCUT2D eigenvalue weighted by Crippen LogP contribution is 2.38. The van der Waals surface area contributed by atoms with Gasteiger partial charge in [-0.1, -0.05) is 42.3 Å². The minimum absolute atomic E-state index is 0.138. The fraction of sp³-hybridized carbons (Fsp3) is 0.348. The number of methoxy groups -OCH3 is 1. The summed E-state index contributed by atoms with van der Waals surface area (Å²) >= 11 is 13.8. The Labute approximate surface area is 217 Å². The molecule has 0 aliphatic carbocycles. The van der Waals surface area contributed by atoms with E-state index in [0.29, 0.717) is 32.9 Å². The number of rotatable bonds is 11. The molecule has 186 valence electrons. The SMILES string of the molecule is CCC(NC(=O)OCCc1ccc(OC)cc1)C(=O)Cn1nnnc1Sc1c(Cl)cc(C)cc1Cl. The van der Waals surface area contributed by atoms with Crippen LogP contribution in [0.4, 0.5) is 4.79 Å². The van der Waals surface area contributed by atoms with Crippen molar-refractivity contribution in [2.75, 3.05) is 13.7 Å². The first-order chi connectivity index (χ1) is 16.8. The number of ether oxygens (including phenoxy) is 2. The number of carbonyl (C=O) groups excluding carboxylic acids is 2. The second kappa shape index (κ2) is 12.8. The first-order valence-electron chi connectivity index (χ1n) is 10.8. The first-order valence-corrected chi connectivity index (χ1v) is 12.4. The molecule has 1 amide bonds. The Morgan fingerprint density at radius 3 is 2.49 bits per heavy atom. The van der Waals surface area contributed by atoms with Crippen molar-refractivity contribution in [2.45, 2.75) is 49.3 Å². The van der Waals surface area contributed by atoms with Gasteiger partial charge in [0, 0.05) is 6.42 Å². The Hall–Kier alpha value is -2.82. The third-order valence-corrected chi connectivity index (χ3v) is 6.95. The maximum atomic E-state index is 12.9. The molecule has 0 bridgehead atoms. The summed E-state index contributed by atoms with van der Waals surface area (Å²) in [5.41, 5.74) is 1.92. The molecule has 0 saturated heterocycles. The quantitative estimate of drug-likeness (QED) is 0.372. The largest absolute Gasteiger partial charge is 0.497 e. The molecule has 0 aliphatic heterocycles. The second-order valence-electron chi connectivity index (χ2n) is 7.58. The third kappa shape index (κ3) is 7.58. The lowest BCUT2D eigenvalue weighted by atomic mass is 10.1. The number of hydrogen-bond acceptors (Lipinski definition) is 8. The topological polar surface area (TPSA) is 108 Å². The molecule has 2 aromatic carbocycles. The van der Waals surface area contributed by atoms with Crippen molar-refractivity contribution >= 4 is 46.8 Å². The molecule has 12 heteroatoms. The maximum absolute atomic E-state index is 12.9. The minimum Gasteiger partial charge on any atom is -0.497 e. The van der Waals surface area contributed by atoms with E-state index in [1.165, 1.54) is 4.68 Å². The number of aromatic nitrogens is 4. The van der Waals surface area contributed by atoms with Crippen LogP contribution in [0.3, 0.4) is 0 Å². The molecule has 1 heterocycles. The van der Waals surface area contributed by atoms with E-state index in [2.05, 4.69) is 20.8 Å². The zero-order valence-electron chi connectivity index (χ0n) is 19.5. The smallest absolute Gasteiger partial charge is 0.407 e. The number of ketones is 1. The normalized spacial score (nSPS) is 11.7. The Kier molecular flexibility index (Phi) is 9.76. The van der Waals surface area contributed by atoms with Crippen LogP contribution in [0.15, 0.2) is 46.5 Å². The summed E-state index contributed by atoms with van der Waals surface area (Å²) < 4.78 is 11.7. The van der Waals surface area contributed by atoms with E-state index in [9.17, 15) is 9.59 Å². The van der Waals surface area contributed by atoms with E-state index < -0.39 is 12.1 Å². The number of nitrogens with one attached hydrogen (secondary N) is 1. The van der Waals surface area contributed by atoms with Crippen molar-refractivity contribution in [2.24, 2.45) is 0 Å². The van der Waals surface area contributed by atoms with E-state index in [1.54, 1.807) is 26.2 Å². The fourth-order valence-corrected chi connectivity index (χ4v) is 4.76. The van der Waals surface area contributed by atoms with E-state index in [1.807, 2.05) is 31.2 Å². The van der Waals surface area contributed by atoms with Gasteiger partial charge in [-0.15, -0.1) is 5.10 Å². The average Bonchev–Trinajstić information content (AvgIpc) is 3.26. The van der Waals surface area contributed by atoms with E-state index in [-0.39, 0.29) is 18.9 Å². The predicted molar refractivity (Wildman–Crippen MR) is 133 cm³/mol. The van der Waals surface area contributed by atoms with Gasteiger partial charge in [0.15, 0.2) is 5.78 Å². The molecular weight excluding hydrogens is 513 g/mol. The Morgan fingerprint density at radius 1 is 1.17 bits per heavy atom. The number of amides is 1. The van der Waals surface area contributed by atoms with Crippen molar-refractivity contribution in [1.29, 1.82) is 0 Å². The van der Waals surface area contributed by atoms with Crippen LogP contribution < -0.4 is 10.1 Å². The lowest BCUT2D eigenvalue weighted by molar-refractivity contribution is -0.122. The van der Waals surface area contributed by atoms with Crippen molar-refractivity contribution in [3.8, 4) is 5.75 Å². The van der Waals surface area contributed by atoms with Crippen molar-refractivity contribution in [1.82, 2.24) is 25.5 Å². The van der Waals surface area contributed by atoms with Crippen molar-refractivity contribution < 1.29 is 19.1 Å². The third-order valence-electron chi connectivity index (χ3n) is 5.01. The van der Waals surface area contributed by atoms with Gasteiger partial charge in [-0.3, -0.25) is 4.79 Å². The number of nitrogens with zero attached hydrogens (tertiary/aromatic N) is 4. The highest BCUT2D eigenvalue weighted by atomic mass is 35.5. The maximum Gasteiger partial charge on any atom is 0.407 e. The number of carbonyl (C=O) groups is 2. The lowest BCUT2D eigenvalue weighted by Gasteiger charge is -2.16. The Bertz CT molecular complexity index is 1150. The van der Waals surface area contributed by atoms with Crippen molar-refractivity contribution in [3.05, 3.63) is 57.6 Å². The van der Waals surface area contributed by atoms with Gasteiger partial charge in [0.05, 0.1) is 34.7 Å². The van der Waals surface area contributed by atoms with E-state index >= 15 is 0 Å². The van der Waals surface area contributed by atoms with Gasteiger partial charge in [-0.05, 0) is 70.9 Å². The van der Waals surface area contributed by atoms with Gasteiger partial charge in [0.2, 0.25) is 5.16 Å². The van der Waals surface area contributed by atoms with Gasteiger partial charge in [-0.2, -0.15) is 0 Å². The lowest BCUT2D eigenvalue weighted by Crippen LogP contribution is -2.42. The van der Waals surface area contributed by atoms with E-state index in [4.69, 9.17) is 32.7 Å². The van der Waals surface area contributed by atoms with Crippen LogP contribution in [-0.4, -0.2) is 51.8 Å². The summed E-state index contributed by atoms with van der Waals surface area (Å²) in [6.07, 6.45) is 0.257. The summed E-state index contributed by atoms with van der Waals surface area (Å²) in [4.78, 5) is 25.7. The number of Topliss-reactive ketones (excluding diaryl/α,β-unsaturated/α-hetero) is 1. The number of aryl methyl sites for hydroxylation is 1. The zero-order valence-corrected chi connectivity index (χ0v) is 21.8.